The van der Waals surface area contributed by atoms with Crippen molar-refractivity contribution in [3.8, 4) is 11.5 Å². The van der Waals surface area contributed by atoms with Gasteiger partial charge in [0.15, 0.2) is 11.5 Å². The Labute approximate surface area is 186 Å². The summed E-state index contributed by atoms with van der Waals surface area (Å²) in [5.41, 5.74) is 2.34. The maximum atomic E-state index is 5.92. The van der Waals surface area contributed by atoms with Gasteiger partial charge in [0, 0.05) is 19.6 Å². The van der Waals surface area contributed by atoms with Crippen LogP contribution in [0.4, 0.5) is 0 Å². The summed E-state index contributed by atoms with van der Waals surface area (Å²) in [5.74, 6) is 1.55. The first-order valence-electron chi connectivity index (χ1n) is 9.69. The van der Waals surface area contributed by atoms with Crippen LogP contribution in [0, 0.1) is 0 Å². The standard InChI is InChI=1S/C22H30N2O3.2ClH/c1-25-22-16-20(17-23-10-5-11-24-12-14-26-15-13-24)8-9-21(22)27-18-19-6-3-2-4-7-19;;/h2-4,6-9,16,23H,5,10-15,17-18H2,1H3;2*1H/p-2. The van der Waals surface area contributed by atoms with Crippen molar-refractivity contribution in [2.75, 3.05) is 46.5 Å². The second-order valence-electron chi connectivity index (χ2n) is 6.74. The molecule has 162 valence electrons. The molecule has 0 aromatic heterocycles. The molecule has 2 aromatic carbocycles. The van der Waals surface area contributed by atoms with Crippen LogP contribution in [0.3, 0.4) is 0 Å². The van der Waals surface area contributed by atoms with Crippen LogP contribution in [-0.2, 0) is 17.9 Å². The molecule has 0 spiro atoms. The average Bonchev–Trinajstić information content (AvgIpc) is 2.74. The predicted octanol–water partition coefficient (Wildman–Crippen LogP) is -2.91. The van der Waals surface area contributed by atoms with Crippen LogP contribution in [0.15, 0.2) is 48.5 Å². The number of methoxy groups -OCH3 is 1. The van der Waals surface area contributed by atoms with Crippen molar-refractivity contribution in [2.24, 2.45) is 0 Å². The normalized spacial score (nSPS) is 13.8. The first-order valence-corrected chi connectivity index (χ1v) is 9.69. The SMILES string of the molecule is COc1cc(CNCCCN2CCOCC2)ccc1OCc1ccccc1.[Cl-].[Cl-]. The van der Waals surface area contributed by atoms with Crippen LogP contribution in [0.25, 0.3) is 0 Å². The minimum atomic E-state index is 0. The zero-order chi connectivity index (χ0) is 18.7. The van der Waals surface area contributed by atoms with Crippen molar-refractivity contribution in [2.45, 2.75) is 19.6 Å². The fourth-order valence-corrected chi connectivity index (χ4v) is 3.16. The highest BCUT2D eigenvalue weighted by Crippen LogP contribution is 2.28. The largest absolute Gasteiger partial charge is 1.00 e. The lowest BCUT2D eigenvalue weighted by Crippen LogP contribution is -3.00. The molecule has 0 bridgehead atoms. The van der Waals surface area contributed by atoms with Gasteiger partial charge in [-0.2, -0.15) is 0 Å². The summed E-state index contributed by atoms with van der Waals surface area (Å²) in [5, 5.41) is 3.52. The summed E-state index contributed by atoms with van der Waals surface area (Å²) >= 11 is 0. The van der Waals surface area contributed by atoms with Crippen LogP contribution in [0.5, 0.6) is 11.5 Å². The van der Waals surface area contributed by atoms with E-state index in [1.807, 2.05) is 24.3 Å². The Morgan fingerprint density at radius 2 is 1.72 bits per heavy atom. The van der Waals surface area contributed by atoms with Gasteiger partial charge in [-0.15, -0.1) is 0 Å². The van der Waals surface area contributed by atoms with Crippen molar-refractivity contribution in [1.82, 2.24) is 10.2 Å². The number of nitrogens with one attached hydrogen (secondary N) is 1. The van der Waals surface area contributed by atoms with Crippen molar-refractivity contribution in [3.05, 3.63) is 59.7 Å². The molecule has 0 atom stereocenters. The van der Waals surface area contributed by atoms with E-state index in [2.05, 4.69) is 34.5 Å². The Morgan fingerprint density at radius 1 is 0.966 bits per heavy atom. The molecule has 0 aliphatic carbocycles. The predicted molar refractivity (Wildman–Crippen MR) is 107 cm³/mol. The van der Waals surface area contributed by atoms with E-state index in [1.54, 1.807) is 7.11 Å². The highest BCUT2D eigenvalue weighted by Gasteiger charge is 2.09. The number of nitrogens with zero attached hydrogens (tertiary/aromatic N) is 1. The fourth-order valence-electron chi connectivity index (χ4n) is 3.16. The van der Waals surface area contributed by atoms with Crippen LogP contribution < -0.4 is 39.6 Å². The molecule has 0 saturated carbocycles. The number of benzene rings is 2. The van der Waals surface area contributed by atoms with Gasteiger partial charge in [0.1, 0.15) is 6.61 Å². The van der Waals surface area contributed by atoms with Gasteiger partial charge in [0.05, 0.1) is 20.3 Å². The molecule has 1 aliphatic heterocycles. The van der Waals surface area contributed by atoms with Gasteiger partial charge < -0.3 is 44.3 Å². The number of rotatable bonds is 10. The van der Waals surface area contributed by atoms with Crippen LogP contribution in [0.1, 0.15) is 17.5 Å². The lowest BCUT2D eigenvalue weighted by molar-refractivity contribution is -0.001000. The van der Waals surface area contributed by atoms with Crippen molar-refractivity contribution in [1.29, 1.82) is 0 Å². The molecule has 0 unspecified atom stereocenters. The number of morpholine rings is 1. The number of halogens is 2. The molecule has 1 aliphatic rings. The van der Waals surface area contributed by atoms with E-state index in [1.165, 1.54) is 5.56 Å². The molecule has 2 aromatic rings. The molecule has 5 nitrogen and oxygen atoms in total. The zero-order valence-corrected chi connectivity index (χ0v) is 18.4. The van der Waals surface area contributed by atoms with Crippen molar-refractivity contribution >= 4 is 0 Å². The van der Waals surface area contributed by atoms with Crippen LogP contribution in [-0.4, -0.2) is 51.4 Å². The van der Waals surface area contributed by atoms with Gasteiger partial charge in [-0.3, -0.25) is 4.90 Å². The third-order valence-corrected chi connectivity index (χ3v) is 4.73. The summed E-state index contributed by atoms with van der Waals surface area (Å²) in [6.45, 7) is 7.35. The fraction of sp³-hybridized carbons (Fsp3) is 0.455. The summed E-state index contributed by atoms with van der Waals surface area (Å²) in [7, 11) is 1.68. The smallest absolute Gasteiger partial charge is 0.161 e. The van der Waals surface area contributed by atoms with E-state index < -0.39 is 0 Å². The lowest BCUT2D eigenvalue weighted by atomic mass is 10.2. The number of hydrogen-bond acceptors (Lipinski definition) is 5. The molecule has 1 fully saturated rings. The van der Waals surface area contributed by atoms with Crippen molar-refractivity contribution < 1.29 is 39.0 Å². The maximum absolute atomic E-state index is 5.92. The molecule has 1 heterocycles. The molecular weight excluding hydrogens is 411 g/mol. The van der Waals surface area contributed by atoms with E-state index in [0.717, 1.165) is 69.4 Å². The Bertz CT molecular complexity index is 683. The molecule has 7 heteroatoms. The van der Waals surface area contributed by atoms with E-state index in [9.17, 15) is 0 Å². The minimum Gasteiger partial charge on any atom is -1.00 e. The van der Waals surface area contributed by atoms with E-state index in [4.69, 9.17) is 14.2 Å². The van der Waals surface area contributed by atoms with Gasteiger partial charge >= 0.3 is 0 Å². The third-order valence-electron chi connectivity index (χ3n) is 4.73. The maximum Gasteiger partial charge on any atom is 0.161 e. The Kier molecular flexibility index (Phi) is 12.7. The average molecular weight is 441 g/mol. The van der Waals surface area contributed by atoms with Gasteiger partial charge in [0.25, 0.3) is 0 Å². The molecule has 0 amide bonds. The van der Waals surface area contributed by atoms with Crippen LogP contribution in [0.2, 0.25) is 0 Å². The lowest BCUT2D eigenvalue weighted by Gasteiger charge is -2.26. The highest BCUT2D eigenvalue weighted by atomic mass is 35.5. The third kappa shape index (κ3) is 8.81. The summed E-state index contributed by atoms with van der Waals surface area (Å²) in [4.78, 5) is 2.47. The van der Waals surface area contributed by atoms with Gasteiger partial charge in [-0.1, -0.05) is 36.4 Å². The minimum absolute atomic E-state index is 0. The van der Waals surface area contributed by atoms with Gasteiger partial charge in [-0.25, -0.2) is 0 Å². The Hall–Kier alpha value is -1.50. The van der Waals surface area contributed by atoms with E-state index in [-0.39, 0.29) is 24.8 Å². The summed E-state index contributed by atoms with van der Waals surface area (Å²) in [6, 6.07) is 16.3. The molecule has 29 heavy (non-hydrogen) atoms. The van der Waals surface area contributed by atoms with E-state index in [0.29, 0.717) is 6.61 Å². The van der Waals surface area contributed by atoms with Crippen molar-refractivity contribution in [3.63, 3.8) is 0 Å². The second-order valence-corrected chi connectivity index (χ2v) is 6.74. The second kappa shape index (κ2) is 14.5. The van der Waals surface area contributed by atoms with Crippen LogP contribution >= 0.6 is 0 Å². The molecule has 3 rings (SSSR count). The summed E-state index contributed by atoms with van der Waals surface area (Å²) in [6.07, 6.45) is 1.15. The molecule has 0 radical (unpaired) electrons. The van der Waals surface area contributed by atoms with Gasteiger partial charge in [0.2, 0.25) is 0 Å². The quantitative estimate of drug-likeness (QED) is 0.401. The first kappa shape index (κ1) is 25.5. The summed E-state index contributed by atoms with van der Waals surface area (Å²) < 4.78 is 16.8. The first-order chi connectivity index (χ1) is 13.3. The molecule has 1 saturated heterocycles. The number of hydrogen-bond donors (Lipinski definition) is 1. The highest BCUT2D eigenvalue weighted by molar-refractivity contribution is 5.43. The molecular formula is C22H30Cl2N2O3-2. The topological polar surface area (TPSA) is 43.0 Å². The monoisotopic (exact) mass is 440 g/mol. The Morgan fingerprint density at radius 3 is 2.45 bits per heavy atom. The Balaban J connectivity index is 0.00000210. The van der Waals surface area contributed by atoms with E-state index >= 15 is 0 Å². The molecule has 1 N–H and O–H groups in total. The zero-order valence-electron chi connectivity index (χ0n) is 16.9. The number of ether oxygens (including phenoxy) is 3. The van der Waals surface area contributed by atoms with Gasteiger partial charge in [-0.05, 0) is 42.8 Å².